The van der Waals surface area contributed by atoms with Crippen molar-refractivity contribution in [1.29, 1.82) is 0 Å². The molecule has 0 heterocycles. The lowest BCUT2D eigenvalue weighted by Crippen LogP contribution is -2.17. The normalized spacial score (nSPS) is 10.7. The summed E-state index contributed by atoms with van der Waals surface area (Å²) in [6.45, 7) is 0.400. The van der Waals surface area contributed by atoms with E-state index >= 15 is 0 Å². The van der Waals surface area contributed by atoms with E-state index in [-0.39, 0.29) is 5.91 Å². The van der Waals surface area contributed by atoms with Crippen molar-refractivity contribution in [2.24, 2.45) is 5.10 Å². The molecule has 7 heteroatoms. The molecule has 1 N–H and O–H groups in total. The second kappa shape index (κ2) is 11.6. The zero-order valence-electron chi connectivity index (χ0n) is 18.6. The van der Waals surface area contributed by atoms with Gasteiger partial charge in [0.05, 0.1) is 11.8 Å². The Labute approximate surface area is 207 Å². The summed E-state index contributed by atoms with van der Waals surface area (Å²) in [5.74, 6) is 0.283. The smallest absolute Gasteiger partial charge is 0.343 e. The number of hydrogen-bond donors (Lipinski definition) is 1. The van der Waals surface area contributed by atoms with Crippen LogP contribution in [0.5, 0.6) is 11.5 Å². The van der Waals surface area contributed by atoms with E-state index in [1.165, 1.54) is 6.21 Å². The lowest BCUT2D eigenvalue weighted by Gasteiger charge is -2.07. The number of amides is 1. The first kappa shape index (κ1) is 23.7. The number of ether oxygens (including phenoxy) is 2. The van der Waals surface area contributed by atoms with Gasteiger partial charge in [-0.15, -0.1) is 0 Å². The quantitative estimate of drug-likeness (QED) is 0.146. The number of hydrazone groups is 1. The molecule has 0 radical (unpaired) electrons. The molecular weight excluding hydrogens is 464 g/mol. The van der Waals surface area contributed by atoms with Gasteiger partial charge in [-0.1, -0.05) is 41.9 Å². The second-order valence-electron chi connectivity index (χ2n) is 7.46. The van der Waals surface area contributed by atoms with Gasteiger partial charge in [-0.25, -0.2) is 10.2 Å². The molecule has 0 spiro atoms. The number of benzene rings is 4. The minimum absolute atomic E-state index is 0.348. The molecule has 0 aliphatic rings. The molecule has 0 bridgehead atoms. The number of esters is 1. The summed E-state index contributed by atoms with van der Waals surface area (Å²) in [5.41, 5.74) is 5.14. The Morgan fingerprint density at radius 3 is 2.11 bits per heavy atom. The van der Waals surface area contributed by atoms with Crippen molar-refractivity contribution in [2.75, 3.05) is 0 Å². The maximum atomic E-state index is 12.3. The summed E-state index contributed by atoms with van der Waals surface area (Å²) >= 11 is 5.88. The summed E-state index contributed by atoms with van der Waals surface area (Å²) < 4.78 is 11.1. The highest BCUT2D eigenvalue weighted by atomic mass is 35.5. The summed E-state index contributed by atoms with van der Waals surface area (Å²) in [5, 5.41) is 4.66. The number of rotatable bonds is 8. The zero-order valence-corrected chi connectivity index (χ0v) is 19.3. The molecule has 0 saturated heterocycles. The predicted molar refractivity (Wildman–Crippen MR) is 135 cm³/mol. The van der Waals surface area contributed by atoms with Gasteiger partial charge >= 0.3 is 5.97 Å². The molecule has 0 aliphatic heterocycles. The van der Waals surface area contributed by atoms with Gasteiger partial charge in [0.25, 0.3) is 5.91 Å². The van der Waals surface area contributed by atoms with Crippen molar-refractivity contribution in [3.05, 3.63) is 130 Å². The van der Waals surface area contributed by atoms with Crippen LogP contribution >= 0.6 is 11.6 Å². The van der Waals surface area contributed by atoms with Gasteiger partial charge in [0.15, 0.2) is 0 Å². The first-order valence-electron chi connectivity index (χ1n) is 10.7. The largest absolute Gasteiger partial charge is 0.489 e. The van der Waals surface area contributed by atoms with E-state index in [1.54, 1.807) is 72.8 Å². The molecule has 0 saturated carbocycles. The van der Waals surface area contributed by atoms with Crippen LogP contribution in [0.2, 0.25) is 5.02 Å². The highest BCUT2D eigenvalue weighted by Gasteiger charge is 2.08. The van der Waals surface area contributed by atoms with Gasteiger partial charge in [0, 0.05) is 10.6 Å². The van der Waals surface area contributed by atoms with Crippen molar-refractivity contribution < 1.29 is 19.1 Å². The number of hydrogen-bond acceptors (Lipinski definition) is 5. The van der Waals surface area contributed by atoms with Crippen LogP contribution in [0.3, 0.4) is 0 Å². The minimum atomic E-state index is -0.430. The Hall–Kier alpha value is -4.42. The number of carbonyl (C=O) groups is 2. The number of nitrogens with one attached hydrogen (secondary N) is 1. The molecule has 0 aliphatic carbocycles. The number of nitrogens with zero attached hydrogens (tertiary/aromatic N) is 1. The van der Waals surface area contributed by atoms with E-state index in [0.29, 0.717) is 34.3 Å². The Balaban J connectivity index is 1.25. The van der Waals surface area contributed by atoms with Crippen LogP contribution in [-0.2, 0) is 6.61 Å². The van der Waals surface area contributed by atoms with Gasteiger partial charge in [-0.05, 0) is 83.9 Å². The summed E-state index contributed by atoms with van der Waals surface area (Å²) in [6, 6.07) is 29.7. The van der Waals surface area contributed by atoms with Gasteiger partial charge in [-0.3, -0.25) is 4.79 Å². The third kappa shape index (κ3) is 7.03. The van der Waals surface area contributed by atoms with Crippen LogP contribution in [0.25, 0.3) is 0 Å². The van der Waals surface area contributed by atoms with Crippen molar-refractivity contribution in [3.63, 3.8) is 0 Å². The van der Waals surface area contributed by atoms with Crippen molar-refractivity contribution in [1.82, 2.24) is 5.43 Å². The molecule has 4 aromatic rings. The molecule has 1 amide bonds. The summed E-state index contributed by atoms with van der Waals surface area (Å²) in [4.78, 5) is 24.4. The van der Waals surface area contributed by atoms with Crippen LogP contribution in [0, 0.1) is 0 Å². The highest BCUT2D eigenvalue weighted by Crippen LogP contribution is 2.16. The Morgan fingerprint density at radius 2 is 1.43 bits per heavy atom. The van der Waals surface area contributed by atoms with E-state index in [1.807, 2.05) is 30.3 Å². The molecule has 6 nitrogen and oxygen atoms in total. The summed E-state index contributed by atoms with van der Waals surface area (Å²) in [7, 11) is 0. The lowest BCUT2D eigenvalue weighted by atomic mass is 10.2. The molecule has 0 aromatic heterocycles. The SMILES string of the molecule is O=C(N/N=C\c1ccc(OC(=O)c2ccccc2)cc1)c1ccc(OCc2ccc(Cl)cc2)cc1. The first-order chi connectivity index (χ1) is 17.1. The number of carbonyl (C=O) groups excluding carboxylic acids is 2. The van der Waals surface area contributed by atoms with Gasteiger partial charge in [0.2, 0.25) is 0 Å². The molecule has 174 valence electrons. The predicted octanol–water partition coefficient (Wildman–Crippen LogP) is 5.90. The minimum Gasteiger partial charge on any atom is -0.489 e. The van der Waals surface area contributed by atoms with Crippen LogP contribution in [0.1, 0.15) is 31.8 Å². The molecule has 0 unspecified atom stereocenters. The Morgan fingerprint density at radius 1 is 0.771 bits per heavy atom. The van der Waals surface area contributed by atoms with Crippen molar-refractivity contribution >= 4 is 29.7 Å². The molecule has 0 fully saturated rings. The molecule has 0 atom stereocenters. The van der Waals surface area contributed by atoms with E-state index in [4.69, 9.17) is 21.1 Å². The Bertz CT molecular complexity index is 1300. The molecule has 4 rings (SSSR count). The highest BCUT2D eigenvalue weighted by molar-refractivity contribution is 6.30. The average molecular weight is 485 g/mol. The third-order valence-corrected chi connectivity index (χ3v) is 5.17. The first-order valence-corrected chi connectivity index (χ1v) is 11.1. The van der Waals surface area contributed by atoms with E-state index in [9.17, 15) is 9.59 Å². The van der Waals surface area contributed by atoms with Crippen molar-refractivity contribution in [3.8, 4) is 11.5 Å². The van der Waals surface area contributed by atoms with Crippen LogP contribution in [0.4, 0.5) is 0 Å². The fraction of sp³-hybridized carbons (Fsp3) is 0.0357. The van der Waals surface area contributed by atoms with Gasteiger partial charge < -0.3 is 9.47 Å². The maximum Gasteiger partial charge on any atom is 0.343 e. The third-order valence-electron chi connectivity index (χ3n) is 4.92. The van der Waals surface area contributed by atoms with Crippen molar-refractivity contribution in [2.45, 2.75) is 6.61 Å². The number of halogens is 1. The zero-order chi connectivity index (χ0) is 24.5. The van der Waals surface area contributed by atoms with E-state index in [2.05, 4.69) is 10.5 Å². The van der Waals surface area contributed by atoms with Gasteiger partial charge in [0.1, 0.15) is 18.1 Å². The average Bonchev–Trinajstić information content (AvgIpc) is 2.90. The van der Waals surface area contributed by atoms with E-state index in [0.717, 1.165) is 11.1 Å². The fourth-order valence-electron chi connectivity index (χ4n) is 3.04. The lowest BCUT2D eigenvalue weighted by molar-refractivity contribution is 0.0734. The van der Waals surface area contributed by atoms with Crippen LogP contribution < -0.4 is 14.9 Å². The van der Waals surface area contributed by atoms with E-state index < -0.39 is 5.97 Å². The molecular formula is C28H21ClN2O4. The second-order valence-corrected chi connectivity index (χ2v) is 7.90. The fourth-order valence-corrected chi connectivity index (χ4v) is 3.17. The topological polar surface area (TPSA) is 77.0 Å². The molecule has 35 heavy (non-hydrogen) atoms. The monoisotopic (exact) mass is 484 g/mol. The van der Waals surface area contributed by atoms with Crippen LogP contribution in [-0.4, -0.2) is 18.1 Å². The Kier molecular flexibility index (Phi) is 7.88. The molecule has 4 aromatic carbocycles. The van der Waals surface area contributed by atoms with Crippen LogP contribution in [0.15, 0.2) is 108 Å². The standard InChI is InChI=1S/C28H21ClN2O4/c29-24-12-6-21(7-13-24)19-34-25-16-10-22(11-17-25)27(32)31-30-18-20-8-14-26(15-9-20)35-28(33)23-4-2-1-3-5-23/h1-18H,19H2,(H,31,32)/b30-18-. The summed E-state index contributed by atoms with van der Waals surface area (Å²) in [6.07, 6.45) is 1.50. The maximum absolute atomic E-state index is 12.3. The van der Waals surface area contributed by atoms with Gasteiger partial charge in [-0.2, -0.15) is 5.10 Å².